The van der Waals surface area contributed by atoms with Gasteiger partial charge in [-0.1, -0.05) is 5.57 Å². The third kappa shape index (κ3) is 2.71. The molecular weight excluding hydrogens is 240 g/mol. The second kappa shape index (κ2) is 3.89. The minimum Gasteiger partial charge on any atom is -0.259 e. The lowest BCUT2D eigenvalue weighted by Crippen LogP contribution is -2.24. The SMILES string of the molecule is CC(C)=Cc1cc(Br)nn1C(C)(C)C. The van der Waals surface area contributed by atoms with E-state index in [0.29, 0.717) is 0 Å². The average molecular weight is 257 g/mol. The van der Waals surface area contributed by atoms with Crippen molar-refractivity contribution in [1.82, 2.24) is 9.78 Å². The summed E-state index contributed by atoms with van der Waals surface area (Å²) >= 11 is 3.40. The van der Waals surface area contributed by atoms with E-state index in [2.05, 4.69) is 61.7 Å². The molecule has 0 bridgehead atoms. The van der Waals surface area contributed by atoms with Crippen LogP contribution in [0.1, 0.15) is 40.3 Å². The Balaban J connectivity index is 3.23. The molecule has 0 aromatic carbocycles. The van der Waals surface area contributed by atoms with E-state index in [1.807, 2.05) is 10.7 Å². The number of halogens is 1. The molecule has 0 aliphatic carbocycles. The summed E-state index contributed by atoms with van der Waals surface area (Å²) in [5, 5.41) is 4.42. The Hall–Kier alpha value is -0.570. The highest BCUT2D eigenvalue weighted by atomic mass is 79.9. The third-order valence-corrected chi connectivity index (χ3v) is 2.17. The molecule has 1 aromatic rings. The van der Waals surface area contributed by atoms with E-state index in [1.165, 1.54) is 5.57 Å². The molecule has 0 atom stereocenters. The number of aromatic nitrogens is 2. The van der Waals surface area contributed by atoms with Gasteiger partial charge in [0.2, 0.25) is 0 Å². The first kappa shape index (κ1) is 11.5. The van der Waals surface area contributed by atoms with Gasteiger partial charge in [-0.2, -0.15) is 5.10 Å². The quantitative estimate of drug-likeness (QED) is 0.747. The molecule has 1 aromatic heterocycles. The van der Waals surface area contributed by atoms with Crippen molar-refractivity contribution >= 4 is 22.0 Å². The van der Waals surface area contributed by atoms with Crippen LogP contribution in [0, 0.1) is 0 Å². The summed E-state index contributed by atoms with van der Waals surface area (Å²) in [6.07, 6.45) is 2.14. The van der Waals surface area contributed by atoms with Crippen LogP contribution in [0.5, 0.6) is 0 Å². The summed E-state index contributed by atoms with van der Waals surface area (Å²) in [5.74, 6) is 0. The molecule has 78 valence electrons. The van der Waals surface area contributed by atoms with E-state index in [1.54, 1.807) is 0 Å². The topological polar surface area (TPSA) is 17.8 Å². The lowest BCUT2D eigenvalue weighted by molar-refractivity contribution is 0.352. The number of hydrogen-bond acceptors (Lipinski definition) is 1. The van der Waals surface area contributed by atoms with Crippen LogP contribution in [0.2, 0.25) is 0 Å². The number of nitrogens with zero attached hydrogens (tertiary/aromatic N) is 2. The Morgan fingerprint density at radius 3 is 2.43 bits per heavy atom. The molecule has 14 heavy (non-hydrogen) atoms. The van der Waals surface area contributed by atoms with Gasteiger partial charge in [0.25, 0.3) is 0 Å². The van der Waals surface area contributed by atoms with E-state index in [0.717, 1.165) is 10.3 Å². The van der Waals surface area contributed by atoms with Crippen LogP contribution in [-0.4, -0.2) is 9.78 Å². The molecule has 0 amide bonds. The molecule has 0 aliphatic heterocycles. The summed E-state index contributed by atoms with van der Waals surface area (Å²) in [6.45, 7) is 10.6. The van der Waals surface area contributed by atoms with Gasteiger partial charge >= 0.3 is 0 Å². The highest BCUT2D eigenvalue weighted by Gasteiger charge is 2.17. The van der Waals surface area contributed by atoms with Crippen molar-refractivity contribution in [3.63, 3.8) is 0 Å². The van der Waals surface area contributed by atoms with E-state index in [4.69, 9.17) is 0 Å². The van der Waals surface area contributed by atoms with Crippen molar-refractivity contribution in [3.05, 3.63) is 21.9 Å². The molecule has 0 N–H and O–H groups in total. The van der Waals surface area contributed by atoms with Gasteiger partial charge in [0.1, 0.15) is 4.60 Å². The molecule has 0 unspecified atom stereocenters. The first-order chi connectivity index (χ1) is 6.30. The highest BCUT2D eigenvalue weighted by molar-refractivity contribution is 9.10. The van der Waals surface area contributed by atoms with Crippen molar-refractivity contribution in [2.24, 2.45) is 0 Å². The Kier molecular flexibility index (Phi) is 3.20. The van der Waals surface area contributed by atoms with Crippen molar-refractivity contribution in [2.75, 3.05) is 0 Å². The van der Waals surface area contributed by atoms with Gasteiger partial charge in [-0.15, -0.1) is 0 Å². The second-order valence-corrected chi connectivity index (χ2v) is 5.51. The van der Waals surface area contributed by atoms with Crippen LogP contribution < -0.4 is 0 Å². The predicted octanol–water partition coefficient (Wildman–Crippen LogP) is 3.82. The van der Waals surface area contributed by atoms with Crippen LogP contribution >= 0.6 is 15.9 Å². The summed E-state index contributed by atoms with van der Waals surface area (Å²) in [5.41, 5.74) is 2.44. The Morgan fingerprint density at radius 2 is 2.00 bits per heavy atom. The first-order valence-corrected chi connectivity index (χ1v) is 5.51. The van der Waals surface area contributed by atoms with E-state index < -0.39 is 0 Å². The molecule has 0 radical (unpaired) electrons. The third-order valence-electron chi connectivity index (χ3n) is 1.78. The summed E-state index contributed by atoms with van der Waals surface area (Å²) in [4.78, 5) is 0. The van der Waals surface area contributed by atoms with Gasteiger partial charge in [0.05, 0.1) is 11.2 Å². The molecular formula is C11H17BrN2. The number of hydrogen-bond donors (Lipinski definition) is 0. The summed E-state index contributed by atoms with van der Waals surface area (Å²) in [6, 6.07) is 2.04. The van der Waals surface area contributed by atoms with Crippen molar-refractivity contribution < 1.29 is 0 Å². The summed E-state index contributed by atoms with van der Waals surface area (Å²) < 4.78 is 2.92. The minimum absolute atomic E-state index is 0.0211. The first-order valence-electron chi connectivity index (χ1n) is 4.71. The lowest BCUT2D eigenvalue weighted by atomic mass is 10.1. The molecule has 0 aliphatic rings. The Bertz CT molecular complexity index is 352. The van der Waals surface area contributed by atoms with Crippen LogP contribution in [0.15, 0.2) is 16.2 Å². The van der Waals surface area contributed by atoms with Crippen LogP contribution in [0.4, 0.5) is 0 Å². The van der Waals surface area contributed by atoms with Gasteiger partial charge in [-0.25, -0.2) is 0 Å². The molecule has 0 fully saturated rings. The van der Waals surface area contributed by atoms with Gasteiger partial charge in [-0.05, 0) is 62.7 Å². The maximum atomic E-state index is 4.42. The molecule has 3 heteroatoms. The largest absolute Gasteiger partial charge is 0.259 e. The number of rotatable bonds is 1. The predicted molar refractivity (Wildman–Crippen MR) is 64.2 cm³/mol. The molecule has 0 spiro atoms. The maximum Gasteiger partial charge on any atom is 0.128 e. The molecule has 0 saturated heterocycles. The zero-order valence-electron chi connectivity index (χ0n) is 9.43. The molecule has 1 heterocycles. The molecule has 2 nitrogen and oxygen atoms in total. The van der Waals surface area contributed by atoms with Crippen LogP contribution in [0.25, 0.3) is 6.08 Å². The van der Waals surface area contributed by atoms with E-state index in [-0.39, 0.29) is 5.54 Å². The standard InChI is InChI=1S/C11H17BrN2/c1-8(2)6-9-7-10(12)13-14(9)11(3,4)5/h6-7H,1-5H3. The summed E-state index contributed by atoms with van der Waals surface area (Å²) in [7, 11) is 0. The Labute approximate surface area is 94.1 Å². The van der Waals surface area contributed by atoms with Gasteiger partial charge in [-0.3, -0.25) is 4.68 Å². The molecule has 0 saturated carbocycles. The van der Waals surface area contributed by atoms with Crippen molar-refractivity contribution in [3.8, 4) is 0 Å². The number of allylic oxidation sites excluding steroid dienone is 1. The smallest absolute Gasteiger partial charge is 0.128 e. The normalized spacial score (nSPS) is 11.6. The zero-order valence-corrected chi connectivity index (χ0v) is 11.0. The fourth-order valence-corrected chi connectivity index (χ4v) is 1.69. The fourth-order valence-electron chi connectivity index (χ4n) is 1.30. The maximum absolute atomic E-state index is 4.42. The highest BCUT2D eigenvalue weighted by Crippen LogP contribution is 2.21. The molecule has 1 rings (SSSR count). The van der Waals surface area contributed by atoms with Gasteiger partial charge in [0.15, 0.2) is 0 Å². The Morgan fingerprint density at radius 1 is 1.43 bits per heavy atom. The van der Waals surface area contributed by atoms with E-state index in [9.17, 15) is 0 Å². The monoisotopic (exact) mass is 256 g/mol. The lowest BCUT2D eigenvalue weighted by Gasteiger charge is -2.21. The fraction of sp³-hybridized carbons (Fsp3) is 0.545. The van der Waals surface area contributed by atoms with E-state index >= 15 is 0 Å². The minimum atomic E-state index is 0.0211. The van der Waals surface area contributed by atoms with Crippen molar-refractivity contribution in [1.29, 1.82) is 0 Å². The zero-order chi connectivity index (χ0) is 10.9. The van der Waals surface area contributed by atoms with Crippen LogP contribution in [0.3, 0.4) is 0 Å². The van der Waals surface area contributed by atoms with Crippen LogP contribution in [-0.2, 0) is 5.54 Å². The van der Waals surface area contributed by atoms with Gasteiger partial charge in [0, 0.05) is 0 Å². The average Bonchev–Trinajstić information content (AvgIpc) is 2.28. The second-order valence-electron chi connectivity index (χ2n) is 4.70. The van der Waals surface area contributed by atoms with Crippen molar-refractivity contribution in [2.45, 2.75) is 40.2 Å². The van der Waals surface area contributed by atoms with Gasteiger partial charge < -0.3 is 0 Å².